The molecule has 1 N–H and O–H groups in total. The van der Waals surface area contributed by atoms with Gasteiger partial charge in [-0.15, -0.1) is 11.8 Å². The molecule has 146 valence electrons. The Balaban J connectivity index is 1.47. The molecule has 0 saturated heterocycles. The number of benzene rings is 3. The third-order valence-corrected chi connectivity index (χ3v) is 7.66. The van der Waals surface area contributed by atoms with Crippen molar-refractivity contribution in [1.29, 1.82) is 0 Å². The van der Waals surface area contributed by atoms with Crippen LogP contribution in [-0.2, 0) is 5.75 Å². The standard InChI is InChI=1S/C26H24BrNS/c1-17-13-18(16-29-21-9-3-2-4-10-21)14-24-22-11-6-12-23(22)26(28-25(17)24)19-7-5-8-20(27)15-19/h2-11,13-15,22-23,26,28H,12,16H2,1H3/t22-,23+,26-/m1/s1. The number of nitrogens with one attached hydrogen (secondary N) is 1. The second-order valence-electron chi connectivity index (χ2n) is 8.01. The van der Waals surface area contributed by atoms with E-state index in [-0.39, 0.29) is 0 Å². The van der Waals surface area contributed by atoms with Gasteiger partial charge in [-0.1, -0.05) is 70.5 Å². The van der Waals surface area contributed by atoms with Crippen LogP contribution in [0.5, 0.6) is 0 Å². The van der Waals surface area contributed by atoms with E-state index >= 15 is 0 Å². The van der Waals surface area contributed by atoms with Gasteiger partial charge in [0.1, 0.15) is 0 Å². The van der Waals surface area contributed by atoms with Crippen molar-refractivity contribution in [3.05, 3.63) is 106 Å². The van der Waals surface area contributed by atoms with E-state index in [1.807, 2.05) is 11.8 Å². The van der Waals surface area contributed by atoms with Crippen molar-refractivity contribution in [3.63, 3.8) is 0 Å². The molecule has 0 radical (unpaired) electrons. The van der Waals surface area contributed by atoms with Crippen LogP contribution in [0.4, 0.5) is 5.69 Å². The molecule has 3 heteroatoms. The second-order valence-corrected chi connectivity index (χ2v) is 9.97. The van der Waals surface area contributed by atoms with Gasteiger partial charge in [0, 0.05) is 26.7 Å². The summed E-state index contributed by atoms with van der Waals surface area (Å²) in [4.78, 5) is 1.33. The molecule has 3 aromatic rings. The van der Waals surface area contributed by atoms with Crippen LogP contribution >= 0.6 is 27.7 Å². The van der Waals surface area contributed by atoms with E-state index in [1.54, 1.807) is 0 Å². The highest BCUT2D eigenvalue weighted by Gasteiger charge is 2.38. The van der Waals surface area contributed by atoms with Crippen molar-refractivity contribution >= 4 is 33.4 Å². The zero-order chi connectivity index (χ0) is 19.8. The van der Waals surface area contributed by atoms with Crippen LogP contribution in [-0.4, -0.2) is 0 Å². The van der Waals surface area contributed by atoms with Gasteiger partial charge in [-0.25, -0.2) is 0 Å². The first-order chi connectivity index (χ1) is 14.2. The minimum absolute atomic E-state index is 0.350. The van der Waals surface area contributed by atoms with Gasteiger partial charge in [-0.05, 0) is 65.8 Å². The molecule has 0 unspecified atom stereocenters. The van der Waals surface area contributed by atoms with Crippen LogP contribution in [0.1, 0.15) is 40.6 Å². The summed E-state index contributed by atoms with van der Waals surface area (Å²) in [7, 11) is 0. The Kier molecular flexibility index (Phi) is 5.28. The quantitative estimate of drug-likeness (QED) is 0.313. The van der Waals surface area contributed by atoms with E-state index in [4.69, 9.17) is 0 Å². The Morgan fingerprint density at radius 1 is 1.03 bits per heavy atom. The van der Waals surface area contributed by atoms with Gasteiger partial charge >= 0.3 is 0 Å². The molecule has 0 spiro atoms. The highest BCUT2D eigenvalue weighted by molar-refractivity contribution is 9.10. The molecular weight excluding hydrogens is 438 g/mol. The normalized spacial score (nSPS) is 22.1. The van der Waals surface area contributed by atoms with Gasteiger partial charge in [-0.2, -0.15) is 0 Å². The fraction of sp³-hybridized carbons (Fsp3) is 0.231. The molecule has 0 amide bonds. The zero-order valence-corrected chi connectivity index (χ0v) is 18.8. The van der Waals surface area contributed by atoms with Crippen LogP contribution in [0.15, 0.2) is 88.3 Å². The van der Waals surface area contributed by atoms with Gasteiger partial charge in [-0.3, -0.25) is 0 Å². The Hall–Kier alpha value is -1.97. The molecule has 3 aromatic carbocycles. The topological polar surface area (TPSA) is 12.0 Å². The minimum Gasteiger partial charge on any atom is -0.377 e. The Labute approximate surface area is 185 Å². The molecular formula is C26H24BrNS. The monoisotopic (exact) mass is 461 g/mol. The number of halogens is 1. The van der Waals surface area contributed by atoms with Gasteiger partial charge < -0.3 is 5.32 Å². The highest BCUT2D eigenvalue weighted by atomic mass is 79.9. The fourth-order valence-corrected chi connectivity index (χ4v) is 6.03. The summed E-state index contributed by atoms with van der Waals surface area (Å²) in [5.74, 6) is 2.08. The molecule has 0 aromatic heterocycles. The molecule has 1 aliphatic heterocycles. The summed E-state index contributed by atoms with van der Waals surface area (Å²) in [6.07, 6.45) is 5.94. The second kappa shape index (κ2) is 8.04. The van der Waals surface area contributed by atoms with Gasteiger partial charge in [0.25, 0.3) is 0 Å². The number of aryl methyl sites for hydroxylation is 1. The third kappa shape index (κ3) is 3.78. The third-order valence-electron chi connectivity index (χ3n) is 6.08. The fourth-order valence-electron chi connectivity index (χ4n) is 4.76. The van der Waals surface area contributed by atoms with E-state index in [9.17, 15) is 0 Å². The van der Waals surface area contributed by atoms with Crippen molar-refractivity contribution in [1.82, 2.24) is 0 Å². The molecule has 1 nitrogen and oxygen atoms in total. The number of allylic oxidation sites excluding steroid dienone is 2. The van der Waals surface area contributed by atoms with E-state index < -0.39 is 0 Å². The first-order valence-electron chi connectivity index (χ1n) is 10.2. The van der Waals surface area contributed by atoms with Crippen molar-refractivity contribution in [2.24, 2.45) is 5.92 Å². The summed E-state index contributed by atoms with van der Waals surface area (Å²) < 4.78 is 1.15. The average Bonchev–Trinajstić information content (AvgIpc) is 3.23. The molecule has 1 heterocycles. The van der Waals surface area contributed by atoms with Gasteiger partial charge in [0.15, 0.2) is 0 Å². The lowest BCUT2D eigenvalue weighted by Crippen LogP contribution is -2.29. The lowest BCUT2D eigenvalue weighted by atomic mass is 9.76. The van der Waals surface area contributed by atoms with Crippen LogP contribution < -0.4 is 5.32 Å². The van der Waals surface area contributed by atoms with Crippen molar-refractivity contribution < 1.29 is 0 Å². The molecule has 0 bridgehead atoms. The van der Waals surface area contributed by atoms with Crippen molar-refractivity contribution in [3.8, 4) is 0 Å². The minimum atomic E-state index is 0.350. The van der Waals surface area contributed by atoms with Gasteiger partial charge in [0.05, 0.1) is 6.04 Å². The molecule has 0 saturated carbocycles. The number of hydrogen-bond acceptors (Lipinski definition) is 2. The lowest BCUT2D eigenvalue weighted by molar-refractivity contribution is 0.425. The smallest absolute Gasteiger partial charge is 0.0554 e. The van der Waals surface area contributed by atoms with Crippen molar-refractivity contribution in [2.45, 2.75) is 36.0 Å². The van der Waals surface area contributed by atoms with Crippen LogP contribution in [0.3, 0.4) is 0 Å². The first kappa shape index (κ1) is 19.0. The predicted octanol–water partition coefficient (Wildman–Crippen LogP) is 7.88. The molecule has 3 atom stereocenters. The largest absolute Gasteiger partial charge is 0.377 e. The van der Waals surface area contributed by atoms with Gasteiger partial charge in [0.2, 0.25) is 0 Å². The van der Waals surface area contributed by atoms with Crippen LogP contribution in [0, 0.1) is 12.8 Å². The summed E-state index contributed by atoms with van der Waals surface area (Å²) >= 11 is 5.56. The van der Waals surface area contributed by atoms with Crippen LogP contribution in [0.2, 0.25) is 0 Å². The van der Waals surface area contributed by atoms with E-state index in [0.717, 1.165) is 16.6 Å². The Bertz CT molecular complexity index is 1060. The Morgan fingerprint density at radius 2 is 1.90 bits per heavy atom. The summed E-state index contributed by atoms with van der Waals surface area (Å²) in [6, 6.07) is 24.6. The summed E-state index contributed by atoms with van der Waals surface area (Å²) in [5.41, 5.74) is 6.93. The maximum atomic E-state index is 3.91. The van der Waals surface area contributed by atoms with E-state index in [0.29, 0.717) is 17.9 Å². The number of hydrogen-bond donors (Lipinski definition) is 1. The molecule has 2 aliphatic rings. The van der Waals surface area contributed by atoms with Crippen LogP contribution in [0.25, 0.3) is 0 Å². The maximum Gasteiger partial charge on any atom is 0.0554 e. The molecule has 1 aliphatic carbocycles. The number of thioether (sulfide) groups is 1. The number of rotatable bonds is 4. The number of anilines is 1. The lowest BCUT2D eigenvalue weighted by Gasteiger charge is -2.38. The molecule has 0 fully saturated rings. The summed E-state index contributed by atoms with van der Waals surface area (Å²) in [5, 5.41) is 3.91. The summed E-state index contributed by atoms with van der Waals surface area (Å²) in [6.45, 7) is 2.25. The zero-order valence-electron chi connectivity index (χ0n) is 16.4. The predicted molar refractivity (Wildman–Crippen MR) is 128 cm³/mol. The van der Waals surface area contributed by atoms with E-state index in [1.165, 1.54) is 32.8 Å². The first-order valence-corrected chi connectivity index (χ1v) is 12.0. The van der Waals surface area contributed by atoms with Crippen molar-refractivity contribution in [2.75, 3.05) is 5.32 Å². The molecule has 5 rings (SSSR count). The Morgan fingerprint density at radius 3 is 2.72 bits per heavy atom. The number of fused-ring (bicyclic) bond motifs is 3. The van der Waals surface area contributed by atoms with E-state index in [2.05, 4.69) is 107 Å². The maximum absolute atomic E-state index is 3.91. The highest BCUT2D eigenvalue weighted by Crippen LogP contribution is 2.51. The SMILES string of the molecule is Cc1cc(CSc2ccccc2)cc2c1N[C@H](c1cccc(Br)c1)[C@H]1CC=C[C@@H]21. The average molecular weight is 462 g/mol. The molecule has 29 heavy (non-hydrogen) atoms.